The van der Waals surface area contributed by atoms with Gasteiger partial charge in [-0.2, -0.15) is 0 Å². The summed E-state index contributed by atoms with van der Waals surface area (Å²) < 4.78 is 0.0639. The van der Waals surface area contributed by atoms with Gasteiger partial charge < -0.3 is 5.11 Å². The second-order valence-corrected chi connectivity index (χ2v) is 26.5. The van der Waals surface area contributed by atoms with E-state index in [1.165, 1.54) is 0 Å². The van der Waals surface area contributed by atoms with Gasteiger partial charge in [0.1, 0.15) is 0 Å². The summed E-state index contributed by atoms with van der Waals surface area (Å²) >= 11 is 0. The smallest absolute Gasteiger partial charge is 0.0768 e. The van der Waals surface area contributed by atoms with Gasteiger partial charge >= 0.3 is 0 Å². The maximum Gasteiger partial charge on any atom is 0.0768 e. The van der Waals surface area contributed by atoms with Crippen LogP contribution in [0.25, 0.3) is 0 Å². The van der Waals surface area contributed by atoms with E-state index in [0.29, 0.717) is 0 Å². The Morgan fingerprint density at radius 1 is 0.706 bits per heavy atom. The van der Waals surface area contributed by atoms with Gasteiger partial charge in [-0.3, -0.25) is 0 Å². The average molecular weight is 304 g/mol. The van der Waals surface area contributed by atoms with Crippen LogP contribution in [0.4, 0.5) is 0 Å². The van der Waals surface area contributed by atoms with Crippen molar-refractivity contribution in [2.45, 2.75) is 75.4 Å². The van der Waals surface area contributed by atoms with Crippen molar-refractivity contribution >= 4 is 34.5 Å². The Labute approximate surface area is 115 Å². The van der Waals surface area contributed by atoms with Gasteiger partial charge in [0, 0.05) is 4.85 Å². The zero-order chi connectivity index (χ0) is 14.5. The Bertz CT molecular complexity index is 264. The molecule has 0 heterocycles. The minimum Gasteiger partial charge on any atom is -0.398 e. The molecule has 0 amide bonds. The Morgan fingerprint density at radius 2 is 0.941 bits per heavy atom. The molecule has 3 radical (unpaired) electrons. The number of hydrogen-bond acceptors (Lipinski definition) is 1. The van der Waals surface area contributed by atoms with E-state index >= 15 is 0 Å². The minimum atomic E-state index is -1.70. The third-order valence-electron chi connectivity index (χ3n) is 4.81. The molecule has 0 fully saturated rings. The van der Waals surface area contributed by atoms with E-state index in [4.69, 9.17) is 0 Å². The van der Waals surface area contributed by atoms with Gasteiger partial charge in [-0.25, -0.2) is 0 Å². The molecule has 0 spiro atoms. The highest BCUT2D eigenvalue weighted by atomic mass is 28.4. The van der Waals surface area contributed by atoms with Gasteiger partial charge in [-0.05, 0) is 4.66 Å². The van der Waals surface area contributed by atoms with Gasteiger partial charge in [-0.1, -0.05) is 65.8 Å². The summed E-state index contributed by atoms with van der Waals surface area (Å²) in [7, 11) is -0.844. The minimum absolute atomic E-state index is 0.0639. The molecule has 1 atom stereocenters. The van der Waals surface area contributed by atoms with Crippen molar-refractivity contribution in [2.75, 3.05) is 0 Å². The first-order valence-corrected chi connectivity index (χ1v) is 17.5. The molecular weight excluding hydrogens is 272 g/mol. The highest BCUT2D eigenvalue weighted by Gasteiger charge is 2.62. The second kappa shape index (κ2) is 4.44. The summed E-state index contributed by atoms with van der Waals surface area (Å²) in [6, 6.07) is 0. The summed E-state index contributed by atoms with van der Waals surface area (Å²) in [6.07, 6.45) is 0. The van der Waals surface area contributed by atoms with Crippen LogP contribution in [-0.4, -0.2) is 44.4 Å². The Kier molecular flexibility index (Phi) is 4.65. The molecule has 0 aromatic rings. The molecule has 0 aliphatic rings. The molecular formula is C12H31OSi4. The van der Waals surface area contributed by atoms with Gasteiger partial charge in [0.15, 0.2) is 0 Å². The van der Waals surface area contributed by atoms with Crippen molar-refractivity contribution in [1.82, 2.24) is 0 Å². The van der Waals surface area contributed by atoms with E-state index < -0.39 is 29.1 Å². The molecule has 0 aliphatic heterocycles. The predicted molar refractivity (Wildman–Crippen MR) is 89.1 cm³/mol. The van der Waals surface area contributed by atoms with Gasteiger partial charge in [0.25, 0.3) is 0 Å². The number of rotatable bonds is 4. The van der Waals surface area contributed by atoms with Crippen LogP contribution < -0.4 is 0 Å². The number of hydrogen-bond donors (Lipinski definition) is 1. The van der Waals surface area contributed by atoms with Gasteiger partial charge in [-0.15, -0.1) is 0 Å². The zero-order valence-corrected chi connectivity index (χ0v) is 17.4. The lowest BCUT2D eigenvalue weighted by Crippen LogP contribution is -2.72. The van der Waals surface area contributed by atoms with Crippen LogP contribution in [0, 0.1) is 0 Å². The molecule has 17 heavy (non-hydrogen) atoms. The lowest BCUT2D eigenvalue weighted by molar-refractivity contribution is 0.175. The summed E-state index contributed by atoms with van der Waals surface area (Å²) in [5.74, 6) is 0. The Balaban J connectivity index is 6.04. The summed E-state index contributed by atoms with van der Waals surface area (Å²) in [6.45, 7) is 23.5. The maximum absolute atomic E-state index is 11.3. The van der Waals surface area contributed by atoms with Crippen molar-refractivity contribution in [2.24, 2.45) is 0 Å². The topological polar surface area (TPSA) is 20.2 Å². The molecule has 0 aliphatic carbocycles. The van der Waals surface area contributed by atoms with Crippen LogP contribution in [0.2, 0.25) is 63.6 Å². The molecule has 0 aromatic heterocycles. The van der Waals surface area contributed by atoms with Crippen LogP contribution in [0.15, 0.2) is 0 Å². The Morgan fingerprint density at radius 3 is 1.00 bits per heavy atom. The molecule has 0 bridgehead atoms. The van der Waals surface area contributed by atoms with Crippen LogP contribution in [0.5, 0.6) is 0 Å². The van der Waals surface area contributed by atoms with E-state index in [2.05, 4.69) is 76.1 Å². The van der Waals surface area contributed by atoms with Crippen molar-refractivity contribution in [1.29, 1.82) is 0 Å². The zero-order valence-electron chi connectivity index (χ0n) is 13.4. The van der Waals surface area contributed by atoms with E-state index in [0.717, 1.165) is 0 Å². The molecule has 101 valence electrons. The molecule has 5 heteroatoms. The molecule has 1 N–H and O–H groups in total. The first-order valence-electron chi connectivity index (χ1n) is 6.47. The number of aliphatic hydroxyl groups is 1. The summed E-state index contributed by atoms with van der Waals surface area (Å²) in [4.78, 5) is -0.672. The van der Waals surface area contributed by atoms with Crippen LogP contribution in [0.3, 0.4) is 0 Å². The lowest BCUT2D eigenvalue weighted by Gasteiger charge is -2.61. The highest BCUT2D eigenvalue weighted by Crippen LogP contribution is 2.55. The maximum atomic E-state index is 11.3. The van der Waals surface area contributed by atoms with Crippen molar-refractivity contribution in [3.8, 4) is 0 Å². The van der Waals surface area contributed by atoms with E-state index in [1.54, 1.807) is 0 Å². The first-order chi connectivity index (χ1) is 7.00. The van der Waals surface area contributed by atoms with Crippen molar-refractivity contribution in [3.63, 3.8) is 0 Å². The van der Waals surface area contributed by atoms with Gasteiger partial charge in [0.2, 0.25) is 0 Å². The molecule has 0 rings (SSSR count). The monoisotopic (exact) mass is 303 g/mol. The first kappa shape index (κ1) is 17.8. The quantitative estimate of drug-likeness (QED) is 0.785. The molecule has 0 saturated heterocycles. The summed E-state index contributed by atoms with van der Waals surface area (Å²) in [5.41, 5.74) is 0. The lowest BCUT2D eigenvalue weighted by atomic mass is 10.5. The molecule has 0 saturated carbocycles. The van der Waals surface area contributed by atoms with Crippen molar-refractivity contribution < 1.29 is 5.11 Å². The summed E-state index contributed by atoms with van der Waals surface area (Å²) in [5, 5.41) is 11.3. The molecule has 1 nitrogen and oxygen atoms in total. The SMILES string of the molecule is CC(C(O)([Si])[Si](C)(C)C)([Si](C)(C)C)[Si](C)(C)C. The highest BCUT2D eigenvalue weighted by molar-refractivity contribution is 7.03. The van der Waals surface area contributed by atoms with Gasteiger partial charge in [0.05, 0.1) is 34.5 Å². The van der Waals surface area contributed by atoms with Crippen LogP contribution in [-0.2, 0) is 0 Å². The van der Waals surface area contributed by atoms with Crippen LogP contribution >= 0.6 is 0 Å². The molecule has 1 unspecified atom stereocenters. The van der Waals surface area contributed by atoms with Crippen molar-refractivity contribution in [3.05, 3.63) is 0 Å². The fourth-order valence-corrected chi connectivity index (χ4v) is 22.4. The predicted octanol–water partition coefficient (Wildman–Crippen LogP) is 3.70. The third-order valence-corrected chi connectivity index (χ3v) is 22.5. The molecule has 0 aromatic carbocycles. The average Bonchev–Trinajstić information content (AvgIpc) is 1.95. The van der Waals surface area contributed by atoms with E-state index in [1.807, 2.05) is 0 Å². The Hall–Kier alpha value is 0.828. The third kappa shape index (κ3) is 2.73. The van der Waals surface area contributed by atoms with E-state index in [-0.39, 0.29) is 4.66 Å². The van der Waals surface area contributed by atoms with E-state index in [9.17, 15) is 5.11 Å². The normalized spacial score (nSPS) is 19.1. The fourth-order valence-electron chi connectivity index (χ4n) is 2.96. The fraction of sp³-hybridized carbons (Fsp3) is 1.00. The standard InChI is InChI=1S/C12H31OSi4/c1-11(15(2,3)4,16(5,6)7)12(13,14)17(8,9)10/h13H,1-10H3. The van der Waals surface area contributed by atoms with Crippen LogP contribution in [0.1, 0.15) is 6.92 Å². The largest absolute Gasteiger partial charge is 0.398 e. The second-order valence-electron chi connectivity index (χ2n) is 8.59.